The van der Waals surface area contributed by atoms with Crippen LogP contribution in [0.15, 0.2) is 46.1 Å². The lowest BCUT2D eigenvalue weighted by atomic mass is 10.1. The van der Waals surface area contributed by atoms with Crippen molar-refractivity contribution in [2.45, 2.75) is 0 Å². The van der Waals surface area contributed by atoms with Gasteiger partial charge in [0.25, 0.3) is 0 Å². The van der Waals surface area contributed by atoms with Crippen molar-refractivity contribution in [1.29, 1.82) is 0 Å². The maximum atomic E-state index is 14.2. The van der Waals surface area contributed by atoms with Crippen molar-refractivity contribution in [1.82, 2.24) is 4.90 Å². The molecule has 20 heavy (non-hydrogen) atoms. The highest BCUT2D eigenvalue weighted by atomic mass is 32.2. The van der Waals surface area contributed by atoms with Crippen molar-refractivity contribution in [3.63, 3.8) is 0 Å². The van der Waals surface area contributed by atoms with Crippen LogP contribution in [0.3, 0.4) is 0 Å². The lowest BCUT2D eigenvalue weighted by molar-refractivity contribution is 0.632. The number of thiophene rings is 1. The number of thioether (sulfide) groups is 1. The van der Waals surface area contributed by atoms with Crippen molar-refractivity contribution >= 4 is 44.0 Å². The first-order valence-corrected chi connectivity index (χ1v) is 8.01. The van der Waals surface area contributed by atoms with Gasteiger partial charge in [-0.3, -0.25) is 4.99 Å². The number of benzene rings is 1. The molecule has 0 N–H and O–H groups in total. The van der Waals surface area contributed by atoms with E-state index in [-0.39, 0.29) is 5.82 Å². The Morgan fingerprint density at radius 2 is 2.30 bits per heavy atom. The summed E-state index contributed by atoms with van der Waals surface area (Å²) >= 11 is 3.18. The van der Waals surface area contributed by atoms with E-state index in [1.54, 1.807) is 29.2 Å². The fourth-order valence-electron chi connectivity index (χ4n) is 2.60. The first-order chi connectivity index (χ1) is 9.78. The second-order valence-electron chi connectivity index (χ2n) is 4.63. The molecule has 0 saturated heterocycles. The van der Waals surface area contributed by atoms with Gasteiger partial charge < -0.3 is 4.90 Å². The molecule has 0 atom stereocenters. The molecule has 2 aliphatic rings. The monoisotopic (exact) mass is 302 g/mol. The van der Waals surface area contributed by atoms with E-state index in [1.165, 1.54) is 0 Å². The number of halogens is 1. The van der Waals surface area contributed by atoms with Crippen LogP contribution in [0.4, 0.5) is 4.39 Å². The Morgan fingerprint density at radius 1 is 1.40 bits per heavy atom. The molecule has 0 radical (unpaired) electrons. The van der Waals surface area contributed by atoms with Crippen LogP contribution in [-0.2, 0) is 0 Å². The largest absolute Gasteiger partial charge is 0.317 e. The maximum absolute atomic E-state index is 14.2. The Kier molecular flexibility index (Phi) is 2.72. The van der Waals surface area contributed by atoms with Gasteiger partial charge in [-0.05, 0) is 35.3 Å². The van der Waals surface area contributed by atoms with E-state index in [9.17, 15) is 4.39 Å². The average molecular weight is 302 g/mol. The lowest BCUT2D eigenvalue weighted by Crippen LogP contribution is -2.20. The first-order valence-electron chi connectivity index (χ1n) is 6.31. The van der Waals surface area contributed by atoms with E-state index >= 15 is 0 Å². The quantitative estimate of drug-likeness (QED) is 0.821. The molecule has 0 saturated carbocycles. The summed E-state index contributed by atoms with van der Waals surface area (Å²) in [5, 5.41) is 3.62. The summed E-state index contributed by atoms with van der Waals surface area (Å²) < 4.78 is 15.2. The highest BCUT2D eigenvalue weighted by Gasteiger charge is 2.32. The summed E-state index contributed by atoms with van der Waals surface area (Å²) in [4.78, 5) is 7.69. The molecule has 3 heterocycles. The van der Waals surface area contributed by atoms with Gasteiger partial charge in [0.1, 0.15) is 5.82 Å². The van der Waals surface area contributed by atoms with E-state index in [4.69, 9.17) is 0 Å². The van der Waals surface area contributed by atoms with Gasteiger partial charge in [-0.15, -0.1) is 11.3 Å². The Hall–Kier alpha value is -1.59. The topological polar surface area (TPSA) is 15.6 Å². The minimum absolute atomic E-state index is 0.163. The molecule has 0 amide bonds. The van der Waals surface area contributed by atoms with Crippen LogP contribution in [0.1, 0.15) is 5.56 Å². The molecule has 0 spiro atoms. The van der Waals surface area contributed by atoms with Gasteiger partial charge in [-0.2, -0.15) is 0 Å². The van der Waals surface area contributed by atoms with Crippen molar-refractivity contribution in [3.8, 4) is 0 Å². The van der Waals surface area contributed by atoms with E-state index in [0.717, 1.165) is 39.1 Å². The molecular formula is C15H11FN2S2. The molecule has 5 heteroatoms. The third-order valence-corrected chi connectivity index (χ3v) is 5.46. The van der Waals surface area contributed by atoms with Crippen LogP contribution < -0.4 is 0 Å². The maximum Gasteiger partial charge on any atom is 0.168 e. The van der Waals surface area contributed by atoms with Crippen molar-refractivity contribution < 1.29 is 4.39 Å². The summed E-state index contributed by atoms with van der Waals surface area (Å²) in [6.45, 7) is 5.53. The van der Waals surface area contributed by atoms with Crippen LogP contribution in [0.25, 0.3) is 15.8 Å². The number of amidine groups is 1. The lowest BCUT2D eigenvalue weighted by Gasteiger charge is -2.17. The molecule has 0 fully saturated rings. The third kappa shape index (κ3) is 1.66. The second kappa shape index (κ2) is 4.46. The Morgan fingerprint density at radius 3 is 3.15 bits per heavy atom. The predicted octanol–water partition coefficient (Wildman–Crippen LogP) is 4.31. The second-order valence-corrected chi connectivity index (χ2v) is 6.58. The Labute approximate surface area is 124 Å². The number of allylic oxidation sites excluding steroid dienone is 1. The molecule has 2 nitrogen and oxygen atoms in total. The number of rotatable bonds is 2. The van der Waals surface area contributed by atoms with Crippen LogP contribution in [0.2, 0.25) is 0 Å². The Balaban J connectivity index is 1.92. The molecular weight excluding hydrogens is 291 g/mol. The fraction of sp³-hybridized carbons (Fsp3) is 0.133. The smallest absolute Gasteiger partial charge is 0.168 e. The van der Waals surface area contributed by atoms with E-state index in [1.807, 2.05) is 17.5 Å². The Bertz CT molecular complexity index is 788. The number of nitrogens with zero attached hydrogens (tertiary/aromatic N) is 2. The molecule has 100 valence electrons. The van der Waals surface area contributed by atoms with Crippen molar-refractivity contribution in [2.75, 3.05) is 13.1 Å². The summed E-state index contributed by atoms with van der Waals surface area (Å²) in [6, 6.07) is 5.51. The highest BCUT2D eigenvalue weighted by molar-refractivity contribution is 8.17. The van der Waals surface area contributed by atoms with Crippen molar-refractivity contribution in [3.05, 3.63) is 52.5 Å². The molecule has 2 aromatic rings. The van der Waals surface area contributed by atoms with Gasteiger partial charge in [0.2, 0.25) is 0 Å². The van der Waals surface area contributed by atoms with E-state index in [0.29, 0.717) is 5.39 Å². The van der Waals surface area contributed by atoms with Gasteiger partial charge in [-0.1, -0.05) is 12.7 Å². The first kappa shape index (κ1) is 12.2. The zero-order valence-corrected chi connectivity index (χ0v) is 12.2. The van der Waals surface area contributed by atoms with Gasteiger partial charge in [-0.25, -0.2) is 4.39 Å². The van der Waals surface area contributed by atoms with Crippen LogP contribution in [0.5, 0.6) is 0 Å². The van der Waals surface area contributed by atoms with Crippen LogP contribution in [0, 0.1) is 5.82 Å². The number of fused-ring (bicyclic) bond motifs is 2. The fourth-order valence-corrected chi connectivity index (χ4v) is 4.49. The molecule has 0 unspecified atom stereocenters. The zero-order valence-electron chi connectivity index (χ0n) is 10.6. The van der Waals surface area contributed by atoms with Gasteiger partial charge >= 0.3 is 0 Å². The molecule has 2 aliphatic heterocycles. The average Bonchev–Trinajstić information content (AvgIpc) is 3.12. The minimum atomic E-state index is -0.163. The van der Waals surface area contributed by atoms with E-state index < -0.39 is 0 Å². The molecule has 0 bridgehead atoms. The van der Waals surface area contributed by atoms with Gasteiger partial charge in [0.05, 0.1) is 12.2 Å². The van der Waals surface area contributed by atoms with Crippen LogP contribution in [-0.4, -0.2) is 23.2 Å². The molecule has 0 aliphatic carbocycles. The number of aliphatic imine (C=N–C) groups is 1. The standard InChI is InChI=1S/C15H11FN2S2/c1-2-12-14(18-5-4-17-15(18)20-12)9-7-11(16)10-3-6-19-13(10)8-9/h2-3,6-8H,1,4-5H2. The van der Waals surface area contributed by atoms with Crippen LogP contribution >= 0.6 is 23.1 Å². The third-order valence-electron chi connectivity index (χ3n) is 3.49. The number of hydrogen-bond acceptors (Lipinski definition) is 4. The molecule has 1 aromatic carbocycles. The van der Waals surface area contributed by atoms with Gasteiger partial charge in [0, 0.05) is 27.1 Å². The molecule has 4 rings (SSSR count). The summed E-state index contributed by atoms with van der Waals surface area (Å²) in [6.07, 6.45) is 1.83. The molecule has 1 aromatic heterocycles. The zero-order chi connectivity index (χ0) is 13.7. The number of hydrogen-bond donors (Lipinski definition) is 0. The van der Waals surface area contributed by atoms with Gasteiger partial charge in [0.15, 0.2) is 5.17 Å². The van der Waals surface area contributed by atoms with E-state index in [2.05, 4.69) is 22.5 Å². The minimum Gasteiger partial charge on any atom is -0.317 e. The summed E-state index contributed by atoms with van der Waals surface area (Å²) in [5.74, 6) is -0.163. The highest BCUT2D eigenvalue weighted by Crippen LogP contribution is 2.43. The predicted molar refractivity (Wildman–Crippen MR) is 85.5 cm³/mol. The summed E-state index contributed by atoms with van der Waals surface area (Å²) in [5.41, 5.74) is 1.95. The normalized spacial score (nSPS) is 17.9. The van der Waals surface area contributed by atoms with Crippen molar-refractivity contribution in [2.24, 2.45) is 4.99 Å². The summed E-state index contributed by atoms with van der Waals surface area (Å²) in [7, 11) is 0. The SMILES string of the molecule is C=CC1=C(c2cc(F)c3ccsc3c2)N2CCN=C2S1.